The van der Waals surface area contributed by atoms with Crippen LogP contribution in [0.3, 0.4) is 0 Å². The summed E-state index contributed by atoms with van der Waals surface area (Å²) in [5.74, 6) is -1.65. The van der Waals surface area contributed by atoms with Crippen LogP contribution in [0.4, 0.5) is 4.79 Å². The van der Waals surface area contributed by atoms with Crippen LogP contribution >= 0.6 is 0 Å². The van der Waals surface area contributed by atoms with E-state index >= 15 is 0 Å². The zero-order valence-electron chi connectivity index (χ0n) is 19.8. The van der Waals surface area contributed by atoms with E-state index in [1.807, 2.05) is 54.6 Å². The molecule has 3 aromatic carbocycles. The highest BCUT2D eigenvalue weighted by atomic mass is 16.6. The lowest BCUT2D eigenvalue weighted by Gasteiger charge is -2.26. The molecule has 184 valence electrons. The molecule has 36 heavy (non-hydrogen) atoms. The minimum atomic E-state index is -1.11. The third-order valence-electron chi connectivity index (χ3n) is 7.02. The summed E-state index contributed by atoms with van der Waals surface area (Å²) in [4.78, 5) is 39.3. The van der Waals surface area contributed by atoms with E-state index in [1.165, 1.54) is 4.90 Å². The van der Waals surface area contributed by atoms with Crippen LogP contribution in [0.15, 0.2) is 78.9 Å². The molecule has 7 nitrogen and oxygen atoms in total. The summed E-state index contributed by atoms with van der Waals surface area (Å²) >= 11 is 0. The van der Waals surface area contributed by atoms with Crippen molar-refractivity contribution in [1.29, 1.82) is 0 Å². The second-order valence-corrected chi connectivity index (χ2v) is 9.24. The van der Waals surface area contributed by atoms with Gasteiger partial charge in [-0.2, -0.15) is 0 Å². The highest BCUT2D eigenvalue weighted by Crippen LogP contribution is 2.44. The van der Waals surface area contributed by atoms with Gasteiger partial charge in [-0.05, 0) is 40.7 Å². The monoisotopic (exact) mass is 484 g/mol. The van der Waals surface area contributed by atoms with Gasteiger partial charge >= 0.3 is 12.1 Å². The average Bonchev–Trinajstić information content (AvgIpc) is 3.51. The first-order valence-corrected chi connectivity index (χ1v) is 12.2. The van der Waals surface area contributed by atoms with Gasteiger partial charge in [0, 0.05) is 18.9 Å². The van der Waals surface area contributed by atoms with Gasteiger partial charge in [-0.3, -0.25) is 9.69 Å². The van der Waals surface area contributed by atoms with Crippen molar-refractivity contribution >= 4 is 18.0 Å². The minimum absolute atomic E-state index is 0.0708. The third-order valence-corrected chi connectivity index (χ3v) is 7.02. The number of carbonyl (C=O) groups is 3. The number of carboxylic acids is 1. The van der Waals surface area contributed by atoms with Gasteiger partial charge in [-0.1, -0.05) is 78.9 Å². The number of likely N-dealkylation sites (tertiary alicyclic amines) is 1. The van der Waals surface area contributed by atoms with E-state index in [0.29, 0.717) is 19.4 Å². The van der Waals surface area contributed by atoms with Gasteiger partial charge in [0.1, 0.15) is 18.7 Å². The Morgan fingerprint density at radius 1 is 0.917 bits per heavy atom. The Morgan fingerprint density at radius 2 is 1.53 bits per heavy atom. The van der Waals surface area contributed by atoms with E-state index in [9.17, 15) is 19.5 Å². The molecule has 0 bridgehead atoms. The largest absolute Gasteiger partial charge is 0.480 e. The molecule has 0 aromatic heterocycles. The Kier molecular flexibility index (Phi) is 6.71. The van der Waals surface area contributed by atoms with E-state index in [2.05, 4.69) is 29.6 Å². The van der Waals surface area contributed by atoms with Gasteiger partial charge in [-0.15, -0.1) is 0 Å². The molecular formula is C29H28N2O5. The second-order valence-electron chi connectivity index (χ2n) is 9.24. The SMILES string of the molecule is O=C(O)[C@H](Cc1ccccc1)NC(=O)[C@H]1CCCN1C(=O)OCC1c2ccccc2-c2ccccc21. The van der Waals surface area contributed by atoms with E-state index in [0.717, 1.165) is 27.8 Å². The predicted octanol–water partition coefficient (Wildman–Crippen LogP) is 4.21. The summed E-state index contributed by atoms with van der Waals surface area (Å²) in [7, 11) is 0. The minimum Gasteiger partial charge on any atom is -0.480 e. The lowest BCUT2D eigenvalue weighted by Crippen LogP contribution is -2.51. The molecule has 0 radical (unpaired) electrons. The molecule has 0 saturated carbocycles. The number of carboxylic acid groups (broad SMARTS) is 1. The summed E-state index contributed by atoms with van der Waals surface area (Å²) in [6.07, 6.45) is 0.732. The maximum atomic E-state index is 13.1. The van der Waals surface area contributed by atoms with Gasteiger partial charge < -0.3 is 15.2 Å². The van der Waals surface area contributed by atoms with Crippen molar-refractivity contribution in [3.05, 3.63) is 95.6 Å². The van der Waals surface area contributed by atoms with Crippen molar-refractivity contribution < 1.29 is 24.2 Å². The number of benzene rings is 3. The van der Waals surface area contributed by atoms with Crippen molar-refractivity contribution in [3.63, 3.8) is 0 Å². The molecule has 0 spiro atoms. The van der Waals surface area contributed by atoms with Crippen LogP contribution < -0.4 is 5.32 Å². The van der Waals surface area contributed by atoms with Crippen molar-refractivity contribution in [2.45, 2.75) is 37.3 Å². The highest BCUT2D eigenvalue weighted by molar-refractivity contribution is 5.90. The lowest BCUT2D eigenvalue weighted by molar-refractivity contribution is -0.142. The molecule has 2 aliphatic rings. The summed E-state index contributed by atoms with van der Waals surface area (Å²) in [5.41, 5.74) is 5.33. The van der Waals surface area contributed by atoms with Gasteiger partial charge in [0.2, 0.25) is 5.91 Å². The molecule has 5 rings (SSSR count). The third kappa shape index (κ3) is 4.69. The van der Waals surface area contributed by atoms with Crippen LogP contribution in [0.5, 0.6) is 0 Å². The van der Waals surface area contributed by atoms with Crippen LogP contribution in [-0.2, 0) is 20.7 Å². The lowest BCUT2D eigenvalue weighted by atomic mass is 9.98. The first kappa shape index (κ1) is 23.6. The van der Waals surface area contributed by atoms with Gasteiger partial charge in [0.25, 0.3) is 0 Å². The summed E-state index contributed by atoms with van der Waals surface area (Å²) < 4.78 is 5.74. The second kappa shape index (κ2) is 10.2. The number of nitrogens with one attached hydrogen (secondary N) is 1. The summed E-state index contributed by atoms with van der Waals surface area (Å²) in [5, 5.41) is 12.3. The van der Waals surface area contributed by atoms with Crippen molar-refractivity contribution in [3.8, 4) is 11.1 Å². The number of hydrogen-bond acceptors (Lipinski definition) is 4. The Morgan fingerprint density at radius 3 is 2.17 bits per heavy atom. The van der Waals surface area contributed by atoms with E-state index < -0.39 is 30.1 Å². The van der Waals surface area contributed by atoms with Gasteiger partial charge in [0.05, 0.1) is 0 Å². The smallest absolute Gasteiger partial charge is 0.410 e. The fourth-order valence-electron chi connectivity index (χ4n) is 5.25. The molecule has 1 saturated heterocycles. The first-order valence-electron chi connectivity index (χ1n) is 12.2. The first-order chi connectivity index (χ1) is 17.5. The number of nitrogens with zero attached hydrogens (tertiary/aromatic N) is 1. The molecule has 1 heterocycles. The van der Waals surface area contributed by atoms with E-state index in [-0.39, 0.29) is 18.9 Å². The van der Waals surface area contributed by atoms with Crippen LogP contribution in [0.2, 0.25) is 0 Å². The van der Waals surface area contributed by atoms with Crippen molar-refractivity contribution in [2.24, 2.45) is 0 Å². The van der Waals surface area contributed by atoms with Crippen LogP contribution in [0.25, 0.3) is 11.1 Å². The maximum absolute atomic E-state index is 13.1. The number of amides is 2. The molecule has 1 aliphatic heterocycles. The highest BCUT2D eigenvalue weighted by Gasteiger charge is 2.38. The number of rotatable bonds is 7. The Balaban J connectivity index is 1.24. The molecule has 2 atom stereocenters. The van der Waals surface area contributed by atoms with Gasteiger partial charge in [-0.25, -0.2) is 9.59 Å². The van der Waals surface area contributed by atoms with E-state index in [1.54, 1.807) is 0 Å². The molecule has 2 amide bonds. The standard InChI is InChI=1S/C29H28N2O5/c32-27(30-25(28(33)34)17-19-9-2-1-3-10-19)26-15-8-16-31(26)29(35)36-18-24-22-13-6-4-11-20(22)21-12-5-7-14-23(21)24/h1-7,9-14,24-26H,8,15-18H2,(H,30,32)(H,33,34)/t25-,26+/m0/s1. The number of carbonyl (C=O) groups excluding carboxylic acids is 2. The summed E-state index contributed by atoms with van der Waals surface area (Å²) in [6.45, 7) is 0.564. The number of aliphatic carboxylic acids is 1. The number of ether oxygens (including phenoxy) is 1. The average molecular weight is 485 g/mol. The van der Waals surface area contributed by atoms with Crippen LogP contribution in [-0.4, -0.2) is 53.2 Å². The molecular weight excluding hydrogens is 456 g/mol. The normalized spacial score (nSPS) is 17.2. The Bertz CT molecular complexity index is 1230. The molecule has 7 heteroatoms. The van der Waals surface area contributed by atoms with E-state index in [4.69, 9.17) is 4.74 Å². The van der Waals surface area contributed by atoms with Crippen LogP contribution in [0, 0.1) is 0 Å². The topological polar surface area (TPSA) is 95.9 Å². The molecule has 1 aliphatic carbocycles. The maximum Gasteiger partial charge on any atom is 0.410 e. The molecule has 0 unspecified atom stereocenters. The van der Waals surface area contributed by atoms with Crippen molar-refractivity contribution in [1.82, 2.24) is 10.2 Å². The molecule has 3 aromatic rings. The zero-order chi connectivity index (χ0) is 25.1. The molecule has 2 N–H and O–H groups in total. The Labute approximate surface area is 209 Å². The fraction of sp³-hybridized carbons (Fsp3) is 0.276. The van der Waals surface area contributed by atoms with Crippen LogP contribution in [0.1, 0.15) is 35.4 Å². The van der Waals surface area contributed by atoms with Gasteiger partial charge in [0.15, 0.2) is 0 Å². The quantitative estimate of drug-likeness (QED) is 0.524. The fourth-order valence-corrected chi connectivity index (χ4v) is 5.25. The Hall–Kier alpha value is -4.13. The molecule has 1 fully saturated rings. The van der Waals surface area contributed by atoms with Crippen molar-refractivity contribution in [2.75, 3.05) is 13.2 Å². The number of hydrogen-bond donors (Lipinski definition) is 2. The predicted molar refractivity (Wildman–Crippen MR) is 135 cm³/mol. The zero-order valence-corrected chi connectivity index (χ0v) is 19.8. The number of fused-ring (bicyclic) bond motifs is 3. The summed E-state index contributed by atoms with van der Waals surface area (Å²) in [6, 6.07) is 23.5.